The summed E-state index contributed by atoms with van der Waals surface area (Å²) < 4.78 is 12.0. The van der Waals surface area contributed by atoms with E-state index in [1.807, 2.05) is 78.9 Å². The second-order valence-electron chi connectivity index (χ2n) is 7.19. The van der Waals surface area contributed by atoms with E-state index in [2.05, 4.69) is 5.32 Å². The molecule has 6 nitrogen and oxygen atoms in total. The molecule has 0 aromatic heterocycles. The third-order valence-electron chi connectivity index (χ3n) is 4.64. The minimum absolute atomic E-state index is 0.259. The van der Waals surface area contributed by atoms with Gasteiger partial charge < -0.3 is 20.5 Å². The number of rotatable bonds is 10. The molecular weight excluding hydrogens is 392 g/mol. The standard InChI is InChI=1S/C25H26N2O4/c1-18(28)27-22(25(26)29)14-21-12-13-23(30-16-19-8-4-2-5-9-19)24(15-21)31-17-20-10-6-3-7-11-20/h2-13,15,22H,14,16-17H2,1H3,(H2,26,29)(H,27,28)/t22-/m1/s1. The molecule has 3 aromatic rings. The third kappa shape index (κ3) is 6.89. The zero-order valence-corrected chi connectivity index (χ0v) is 17.4. The van der Waals surface area contributed by atoms with Crippen LogP contribution < -0.4 is 20.5 Å². The van der Waals surface area contributed by atoms with Crippen LogP contribution in [0, 0.1) is 0 Å². The van der Waals surface area contributed by atoms with E-state index in [0.29, 0.717) is 24.7 Å². The Kier molecular flexibility index (Phi) is 7.65. The molecule has 0 aliphatic carbocycles. The van der Waals surface area contributed by atoms with E-state index >= 15 is 0 Å². The van der Waals surface area contributed by atoms with Gasteiger partial charge in [0.05, 0.1) is 0 Å². The van der Waals surface area contributed by atoms with Gasteiger partial charge >= 0.3 is 0 Å². The smallest absolute Gasteiger partial charge is 0.240 e. The van der Waals surface area contributed by atoms with E-state index < -0.39 is 11.9 Å². The molecule has 0 heterocycles. The lowest BCUT2D eigenvalue weighted by Gasteiger charge is -2.17. The van der Waals surface area contributed by atoms with E-state index in [0.717, 1.165) is 16.7 Å². The third-order valence-corrected chi connectivity index (χ3v) is 4.64. The number of carbonyl (C=O) groups excluding carboxylic acids is 2. The zero-order valence-electron chi connectivity index (χ0n) is 17.4. The van der Waals surface area contributed by atoms with Crippen molar-refractivity contribution in [3.8, 4) is 11.5 Å². The molecule has 0 spiro atoms. The molecule has 3 aromatic carbocycles. The van der Waals surface area contributed by atoms with Gasteiger partial charge in [-0.2, -0.15) is 0 Å². The molecule has 0 saturated carbocycles. The number of hydrogen-bond donors (Lipinski definition) is 2. The highest BCUT2D eigenvalue weighted by Gasteiger charge is 2.18. The number of primary amides is 1. The summed E-state index contributed by atoms with van der Waals surface area (Å²) in [6.45, 7) is 2.12. The fourth-order valence-corrected chi connectivity index (χ4v) is 3.09. The van der Waals surface area contributed by atoms with Crippen molar-refractivity contribution in [2.24, 2.45) is 5.73 Å². The average Bonchev–Trinajstić information content (AvgIpc) is 2.77. The highest BCUT2D eigenvalue weighted by Crippen LogP contribution is 2.30. The van der Waals surface area contributed by atoms with Crippen LogP contribution in [0.1, 0.15) is 23.6 Å². The van der Waals surface area contributed by atoms with Gasteiger partial charge in [0.15, 0.2) is 11.5 Å². The molecule has 3 N–H and O–H groups in total. The van der Waals surface area contributed by atoms with Crippen molar-refractivity contribution in [2.45, 2.75) is 32.6 Å². The highest BCUT2D eigenvalue weighted by atomic mass is 16.5. The van der Waals surface area contributed by atoms with E-state index in [4.69, 9.17) is 15.2 Å². The van der Waals surface area contributed by atoms with Crippen molar-refractivity contribution in [3.05, 3.63) is 95.6 Å². The number of nitrogens with two attached hydrogens (primary N) is 1. The SMILES string of the molecule is CC(=O)N[C@H](Cc1ccc(OCc2ccccc2)c(OCc2ccccc2)c1)C(N)=O. The van der Waals surface area contributed by atoms with Crippen molar-refractivity contribution in [3.63, 3.8) is 0 Å². The fourth-order valence-electron chi connectivity index (χ4n) is 3.09. The molecule has 6 heteroatoms. The molecule has 0 radical (unpaired) electrons. The Hall–Kier alpha value is -3.80. The average molecular weight is 418 g/mol. The first-order valence-electron chi connectivity index (χ1n) is 10.0. The summed E-state index contributed by atoms with van der Waals surface area (Å²) >= 11 is 0. The van der Waals surface area contributed by atoms with Crippen LogP contribution in [0.4, 0.5) is 0 Å². The van der Waals surface area contributed by atoms with Gasteiger partial charge in [0.2, 0.25) is 11.8 Å². The van der Waals surface area contributed by atoms with Crippen molar-refractivity contribution in [2.75, 3.05) is 0 Å². The Bertz CT molecular complexity index is 1010. The lowest BCUT2D eigenvalue weighted by molar-refractivity contribution is -0.126. The van der Waals surface area contributed by atoms with Crippen LogP contribution in [-0.2, 0) is 29.2 Å². The summed E-state index contributed by atoms with van der Waals surface area (Å²) in [5, 5.41) is 2.58. The van der Waals surface area contributed by atoms with E-state index in [1.54, 1.807) is 0 Å². The summed E-state index contributed by atoms with van der Waals surface area (Å²) in [5.74, 6) is 0.250. The minimum Gasteiger partial charge on any atom is -0.485 e. The Morgan fingerprint density at radius 3 is 1.87 bits per heavy atom. The lowest BCUT2D eigenvalue weighted by atomic mass is 10.0. The Labute approximate surface area is 182 Å². The molecule has 31 heavy (non-hydrogen) atoms. The quantitative estimate of drug-likeness (QED) is 0.528. The Morgan fingerprint density at radius 2 is 1.35 bits per heavy atom. The zero-order chi connectivity index (χ0) is 22.1. The molecule has 2 amide bonds. The van der Waals surface area contributed by atoms with Crippen LogP contribution in [0.3, 0.4) is 0 Å². The Morgan fingerprint density at radius 1 is 0.806 bits per heavy atom. The second kappa shape index (κ2) is 10.8. The summed E-state index contributed by atoms with van der Waals surface area (Å²) in [6, 6.07) is 24.3. The van der Waals surface area contributed by atoms with Crippen molar-refractivity contribution >= 4 is 11.8 Å². The van der Waals surface area contributed by atoms with Gasteiger partial charge in [-0.15, -0.1) is 0 Å². The van der Waals surface area contributed by atoms with Crippen LogP contribution in [0.5, 0.6) is 11.5 Å². The molecule has 1 atom stereocenters. The van der Waals surface area contributed by atoms with E-state index in [-0.39, 0.29) is 12.3 Å². The molecule has 0 fully saturated rings. The van der Waals surface area contributed by atoms with Gasteiger partial charge in [-0.1, -0.05) is 66.7 Å². The first kappa shape index (κ1) is 21.9. The molecule has 0 unspecified atom stereocenters. The van der Waals surface area contributed by atoms with Crippen molar-refractivity contribution in [1.29, 1.82) is 0 Å². The summed E-state index contributed by atoms with van der Waals surface area (Å²) in [5.41, 5.74) is 8.30. The van der Waals surface area contributed by atoms with Gasteiger partial charge in [0.1, 0.15) is 19.3 Å². The monoisotopic (exact) mass is 418 g/mol. The number of hydrogen-bond acceptors (Lipinski definition) is 4. The molecule has 0 bridgehead atoms. The number of carbonyl (C=O) groups is 2. The predicted octanol–water partition coefficient (Wildman–Crippen LogP) is 3.38. The van der Waals surface area contributed by atoms with Gasteiger partial charge in [0, 0.05) is 13.3 Å². The molecule has 160 valence electrons. The van der Waals surface area contributed by atoms with Crippen LogP contribution in [-0.4, -0.2) is 17.9 Å². The predicted molar refractivity (Wildman–Crippen MR) is 118 cm³/mol. The highest BCUT2D eigenvalue weighted by molar-refractivity contribution is 5.85. The van der Waals surface area contributed by atoms with Crippen LogP contribution in [0.2, 0.25) is 0 Å². The van der Waals surface area contributed by atoms with Crippen LogP contribution in [0.15, 0.2) is 78.9 Å². The van der Waals surface area contributed by atoms with Gasteiger partial charge in [-0.3, -0.25) is 9.59 Å². The molecule has 0 aliphatic heterocycles. The largest absolute Gasteiger partial charge is 0.485 e. The van der Waals surface area contributed by atoms with Crippen molar-refractivity contribution < 1.29 is 19.1 Å². The summed E-state index contributed by atoms with van der Waals surface area (Å²) in [6.07, 6.45) is 0.259. The van der Waals surface area contributed by atoms with Gasteiger partial charge in [-0.25, -0.2) is 0 Å². The number of ether oxygens (including phenoxy) is 2. The maximum atomic E-state index is 11.7. The minimum atomic E-state index is -0.796. The Balaban J connectivity index is 1.79. The summed E-state index contributed by atoms with van der Waals surface area (Å²) in [7, 11) is 0. The number of benzene rings is 3. The summed E-state index contributed by atoms with van der Waals surface area (Å²) in [4.78, 5) is 23.1. The van der Waals surface area contributed by atoms with Crippen LogP contribution in [0.25, 0.3) is 0 Å². The second-order valence-corrected chi connectivity index (χ2v) is 7.19. The van der Waals surface area contributed by atoms with E-state index in [9.17, 15) is 9.59 Å². The van der Waals surface area contributed by atoms with E-state index in [1.165, 1.54) is 6.92 Å². The first-order chi connectivity index (χ1) is 15.0. The number of amides is 2. The first-order valence-corrected chi connectivity index (χ1v) is 10.0. The van der Waals surface area contributed by atoms with Crippen molar-refractivity contribution in [1.82, 2.24) is 5.32 Å². The molecular formula is C25H26N2O4. The van der Waals surface area contributed by atoms with Gasteiger partial charge in [0.25, 0.3) is 0 Å². The topological polar surface area (TPSA) is 90.7 Å². The number of nitrogens with one attached hydrogen (secondary N) is 1. The molecule has 0 aliphatic rings. The van der Waals surface area contributed by atoms with Crippen LogP contribution >= 0.6 is 0 Å². The normalized spacial score (nSPS) is 11.4. The van der Waals surface area contributed by atoms with Gasteiger partial charge in [-0.05, 0) is 28.8 Å². The molecule has 0 saturated heterocycles. The maximum Gasteiger partial charge on any atom is 0.240 e. The fraction of sp³-hybridized carbons (Fsp3) is 0.200. The lowest BCUT2D eigenvalue weighted by Crippen LogP contribution is -2.44. The maximum absolute atomic E-state index is 11.7. The molecule has 3 rings (SSSR count).